The standard InChI is InChI=1S/C14H11BrF2O/c15-8-10-4-5-14(13(17)7-10)18-9-11-2-1-3-12(16)6-11/h1-7H,8-9H2. The highest BCUT2D eigenvalue weighted by atomic mass is 79.9. The van der Waals surface area contributed by atoms with Gasteiger partial charge in [0.2, 0.25) is 0 Å². The molecule has 0 unspecified atom stereocenters. The molecule has 0 fully saturated rings. The highest BCUT2D eigenvalue weighted by Crippen LogP contribution is 2.20. The van der Waals surface area contributed by atoms with E-state index in [1.54, 1.807) is 24.3 Å². The van der Waals surface area contributed by atoms with Crippen LogP contribution < -0.4 is 4.74 Å². The van der Waals surface area contributed by atoms with E-state index in [1.807, 2.05) is 0 Å². The minimum atomic E-state index is -0.414. The maximum absolute atomic E-state index is 13.6. The fourth-order valence-corrected chi connectivity index (χ4v) is 1.88. The van der Waals surface area contributed by atoms with Gasteiger partial charge in [-0.2, -0.15) is 0 Å². The Morgan fingerprint density at radius 1 is 1.00 bits per heavy atom. The third-order valence-corrected chi connectivity index (χ3v) is 3.08. The molecule has 94 valence electrons. The van der Waals surface area contributed by atoms with Crippen LogP contribution >= 0.6 is 15.9 Å². The number of hydrogen-bond donors (Lipinski definition) is 0. The van der Waals surface area contributed by atoms with Crippen molar-refractivity contribution in [3.8, 4) is 5.75 Å². The maximum atomic E-state index is 13.6. The van der Waals surface area contributed by atoms with Crippen LogP contribution in [0.1, 0.15) is 11.1 Å². The van der Waals surface area contributed by atoms with Crippen LogP contribution in [0.25, 0.3) is 0 Å². The van der Waals surface area contributed by atoms with Gasteiger partial charge in [-0.25, -0.2) is 8.78 Å². The second-order valence-electron chi connectivity index (χ2n) is 3.82. The van der Waals surface area contributed by atoms with E-state index in [1.165, 1.54) is 18.2 Å². The SMILES string of the molecule is Fc1cccc(COc2ccc(CBr)cc2F)c1. The Balaban J connectivity index is 2.06. The number of alkyl halides is 1. The first-order valence-electron chi connectivity index (χ1n) is 5.40. The molecule has 0 saturated carbocycles. The van der Waals surface area contributed by atoms with Crippen LogP contribution in [0.4, 0.5) is 8.78 Å². The summed E-state index contributed by atoms with van der Waals surface area (Å²) >= 11 is 3.25. The second-order valence-corrected chi connectivity index (χ2v) is 4.38. The predicted molar refractivity (Wildman–Crippen MR) is 69.8 cm³/mol. The molecule has 0 saturated heterocycles. The topological polar surface area (TPSA) is 9.23 Å². The zero-order valence-electron chi connectivity index (χ0n) is 9.50. The van der Waals surface area contributed by atoms with Crippen LogP contribution in [0.3, 0.4) is 0 Å². The van der Waals surface area contributed by atoms with E-state index in [-0.39, 0.29) is 18.2 Å². The molecule has 0 aromatic heterocycles. The van der Waals surface area contributed by atoms with Gasteiger partial charge in [-0.15, -0.1) is 0 Å². The van der Waals surface area contributed by atoms with Crippen LogP contribution in [0.15, 0.2) is 42.5 Å². The molecule has 0 aliphatic rings. The van der Waals surface area contributed by atoms with E-state index in [0.717, 1.165) is 5.56 Å². The lowest BCUT2D eigenvalue weighted by Gasteiger charge is -2.08. The third-order valence-electron chi connectivity index (χ3n) is 2.43. The summed E-state index contributed by atoms with van der Waals surface area (Å²) in [4.78, 5) is 0. The third kappa shape index (κ3) is 3.29. The van der Waals surface area contributed by atoms with Crippen molar-refractivity contribution in [1.29, 1.82) is 0 Å². The molecule has 2 rings (SSSR count). The van der Waals surface area contributed by atoms with E-state index in [2.05, 4.69) is 15.9 Å². The molecule has 0 bridgehead atoms. The molecular weight excluding hydrogens is 302 g/mol. The molecule has 0 atom stereocenters. The molecule has 18 heavy (non-hydrogen) atoms. The highest BCUT2D eigenvalue weighted by Gasteiger charge is 2.05. The summed E-state index contributed by atoms with van der Waals surface area (Å²) in [7, 11) is 0. The van der Waals surface area contributed by atoms with Crippen molar-refractivity contribution in [3.63, 3.8) is 0 Å². The largest absolute Gasteiger partial charge is 0.486 e. The van der Waals surface area contributed by atoms with Gasteiger partial charge in [-0.05, 0) is 35.4 Å². The van der Waals surface area contributed by atoms with Gasteiger partial charge in [-0.1, -0.05) is 34.1 Å². The second kappa shape index (κ2) is 5.96. The number of benzene rings is 2. The molecule has 0 amide bonds. The smallest absolute Gasteiger partial charge is 0.165 e. The van der Waals surface area contributed by atoms with Crippen molar-refractivity contribution in [3.05, 3.63) is 65.2 Å². The van der Waals surface area contributed by atoms with E-state index in [4.69, 9.17) is 4.74 Å². The van der Waals surface area contributed by atoms with Crippen LogP contribution in [-0.2, 0) is 11.9 Å². The molecule has 0 radical (unpaired) electrons. The number of ether oxygens (including phenoxy) is 1. The van der Waals surface area contributed by atoms with Gasteiger partial charge in [0.1, 0.15) is 12.4 Å². The van der Waals surface area contributed by atoms with Gasteiger partial charge in [0.05, 0.1) is 0 Å². The van der Waals surface area contributed by atoms with Crippen LogP contribution in [0.5, 0.6) is 5.75 Å². The Bertz CT molecular complexity index is 543. The summed E-state index contributed by atoms with van der Waals surface area (Å²) in [5, 5.41) is 0.591. The Labute approximate surface area is 113 Å². The highest BCUT2D eigenvalue weighted by molar-refractivity contribution is 9.08. The van der Waals surface area contributed by atoms with E-state index < -0.39 is 5.82 Å². The summed E-state index contributed by atoms with van der Waals surface area (Å²) < 4.78 is 31.9. The molecule has 0 N–H and O–H groups in total. The molecule has 0 aliphatic carbocycles. The molecule has 0 spiro atoms. The van der Waals surface area contributed by atoms with Gasteiger partial charge in [0, 0.05) is 5.33 Å². The van der Waals surface area contributed by atoms with Gasteiger partial charge >= 0.3 is 0 Å². The lowest BCUT2D eigenvalue weighted by Crippen LogP contribution is -1.98. The minimum absolute atomic E-state index is 0.141. The Kier molecular flexibility index (Phi) is 4.31. The molecule has 1 nitrogen and oxygen atoms in total. The Morgan fingerprint density at radius 3 is 2.50 bits per heavy atom. The van der Waals surface area contributed by atoms with Crippen LogP contribution in [0.2, 0.25) is 0 Å². The van der Waals surface area contributed by atoms with Crippen molar-refractivity contribution in [2.75, 3.05) is 0 Å². The van der Waals surface area contributed by atoms with Gasteiger partial charge in [0.15, 0.2) is 11.6 Å². The summed E-state index contributed by atoms with van der Waals surface area (Å²) in [5.41, 5.74) is 1.50. The predicted octanol–water partition coefficient (Wildman–Crippen LogP) is 4.44. The lowest BCUT2D eigenvalue weighted by molar-refractivity contribution is 0.289. The van der Waals surface area contributed by atoms with Crippen LogP contribution in [-0.4, -0.2) is 0 Å². The maximum Gasteiger partial charge on any atom is 0.165 e. The van der Waals surface area contributed by atoms with Gasteiger partial charge < -0.3 is 4.74 Å². The van der Waals surface area contributed by atoms with Crippen molar-refractivity contribution in [1.82, 2.24) is 0 Å². The first-order chi connectivity index (χ1) is 8.69. The zero-order valence-corrected chi connectivity index (χ0v) is 11.1. The first-order valence-corrected chi connectivity index (χ1v) is 6.53. The minimum Gasteiger partial charge on any atom is -0.486 e. The van der Waals surface area contributed by atoms with Crippen molar-refractivity contribution in [2.24, 2.45) is 0 Å². The molecule has 0 heterocycles. The number of rotatable bonds is 4. The molecule has 2 aromatic rings. The first kappa shape index (κ1) is 13.0. The van der Waals surface area contributed by atoms with Gasteiger partial charge in [-0.3, -0.25) is 0 Å². The van der Waals surface area contributed by atoms with E-state index >= 15 is 0 Å². The molecule has 0 aliphatic heterocycles. The summed E-state index contributed by atoms with van der Waals surface area (Å²) in [6.07, 6.45) is 0. The number of hydrogen-bond acceptors (Lipinski definition) is 1. The molecule has 4 heteroatoms. The van der Waals surface area contributed by atoms with E-state index in [0.29, 0.717) is 10.9 Å². The van der Waals surface area contributed by atoms with Crippen LogP contribution in [0, 0.1) is 11.6 Å². The fraction of sp³-hybridized carbons (Fsp3) is 0.143. The summed E-state index contributed by atoms with van der Waals surface area (Å²) in [6.45, 7) is 0.141. The molecular formula is C14H11BrF2O. The van der Waals surface area contributed by atoms with Gasteiger partial charge in [0.25, 0.3) is 0 Å². The summed E-state index contributed by atoms with van der Waals surface area (Å²) in [6, 6.07) is 10.8. The average Bonchev–Trinajstić information content (AvgIpc) is 2.37. The zero-order chi connectivity index (χ0) is 13.0. The van der Waals surface area contributed by atoms with Crippen molar-refractivity contribution < 1.29 is 13.5 Å². The normalized spacial score (nSPS) is 10.4. The van der Waals surface area contributed by atoms with E-state index in [9.17, 15) is 8.78 Å². The van der Waals surface area contributed by atoms with Crippen molar-refractivity contribution in [2.45, 2.75) is 11.9 Å². The molecule has 2 aromatic carbocycles. The lowest BCUT2D eigenvalue weighted by atomic mass is 10.2. The fourth-order valence-electron chi connectivity index (χ4n) is 1.53. The summed E-state index contributed by atoms with van der Waals surface area (Å²) in [5.74, 6) is -0.571. The quantitative estimate of drug-likeness (QED) is 0.758. The number of halogens is 3. The average molecular weight is 313 g/mol. The Morgan fingerprint density at radius 2 is 1.83 bits per heavy atom. The van der Waals surface area contributed by atoms with Crippen molar-refractivity contribution >= 4 is 15.9 Å². The monoisotopic (exact) mass is 312 g/mol. The Hall–Kier alpha value is -1.42.